The van der Waals surface area contributed by atoms with E-state index in [1.807, 2.05) is 22.4 Å². The SMILES string of the molecule is CCOC(=O)c1ccc(N2C(=O)[C@@H](CC(=O)Nc3ccc(OC)cc3)N(CCc3cccs3)C2=S)cc1. The van der Waals surface area contributed by atoms with Crippen LogP contribution < -0.4 is 15.0 Å². The monoisotopic (exact) mass is 537 g/mol. The topological polar surface area (TPSA) is 88.2 Å². The standard InChI is InChI=1S/C27H27N3O5S2/c1-3-35-26(33)18-6-10-20(11-7-18)30-25(32)23(29(27(30)36)15-14-22-5-4-16-37-22)17-24(31)28-19-8-12-21(34-2)13-9-19/h4-13,16,23H,3,14-15,17H2,1-2H3,(H,28,31)/t23-/m1/s1. The highest BCUT2D eigenvalue weighted by Crippen LogP contribution is 2.28. The van der Waals surface area contributed by atoms with Crippen LogP contribution in [0.5, 0.6) is 5.75 Å². The average molecular weight is 538 g/mol. The van der Waals surface area contributed by atoms with Crippen molar-refractivity contribution in [2.24, 2.45) is 0 Å². The number of benzene rings is 2. The van der Waals surface area contributed by atoms with Gasteiger partial charge in [0.2, 0.25) is 5.91 Å². The minimum atomic E-state index is -0.754. The predicted molar refractivity (Wildman–Crippen MR) is 147 cm³/mol. The molecule has 4 rings (SSSR count). The highest BCUT2D eigenvalue weighted by atomic mass is 32.1. The first-order chi connectivity index (χ1) is 17.9. The van der Waals surface area contributed by atoms with Gasteiger partial charge in [0, 0.05) is 17.1 Å². The van der Waals surface area contributed by atoms with E-state index in [1.165, 1.54) is 4.90 Å². The quantitative estimate of drug-likeness (QED) is 0.301. The number of anilines is 2. The summed E-state index contributed by atoms with van der Waals surface area (Å²) in [6.45, 7) is 2.50. The Balaban J connectivity index is 1.53. The van der Waals surface area contributed by atoms with Crippen molar-refractivity contribution in [2.75, 3.05) is 30.5 Å². The van der Waals surface area contributed by atoms with Gasteiger partial charge < -0.3 is 19.7 Å². The summed E-state index contributed by atoms with van der Waals surface area (Å²) in [6.07, 6.45) is 0.629. The summed E-state index contributed by atoms with van der Waals surface area (Å²) in [5, 5.41) is 5.17. The van der Waals surface area contributed by atoms with Gasteiger partial charge >= 0.3 is 5.97 Å². The molecule has 0 unspecified atom stereocenters. The van der Waals surface area contributed by atoms with E-state index >= 15 is 0 Å². The molecule has 10 heteroatoms. The van der Waals surface area contributed by atoms with Crippen molar-refractivity contribution in [3.05, 3.63) is 76.5 Å². The van der Waals surface area contributed by atoms with Crippen LogP contribution >= 0.6 is 23.6 Å². The van der Waals surface area contributed by atoms with Gasteiger partial charge in [-0.05, 0) is 85.5 Å². The molecule has 2 amide bonds. The van der Waals surface area contributed by atoms with Crippen molar-refractivity contribution in [1.29, 1.82) is 0 Å². The van der Waals surface area contributed by atoms with Gasteiger partial charge in [0.25, 0.3) is 5.91 Å². The Morgan fingerprint density at radius 1 is 1.08 bits per heavy atom. The Morgan fingerprint density at radius 2 is 1.81 bits per heavy atom. The first-order valence-electron chi connectivity index (χ1n) is 11.8. The van der Waals surface area contributed by atoms with Crippen molar-refractivity contribution in [3.8, 4) is 5.75 Å². The van der Waals surface area contributed by atoms with E-state index in [0.717, 1.165) is 4.88 Å². The van der Waals surface area contributed by atoms with Crippen LogP contribution in [0.2, 0.25) is 0 Å². The Morgan fingerprint density at radius 3 is 2.43 bits per heavy atom. The molecule has 0 bridgehead atoms. The van der Waals surface area contributed by atoms with E-state index in [1.54, 1.807) is 73.9 Å². The van der Waals surface area contributed by atoms with Gasteiger partial charge in [0.05, 0.1) is 31.4 Å². The van der Waals surface area contributed by atoms with E-state index in [4.69, 9.17) is 21.7 Å². The number of carbonyl (C=O) groups excluding carboxylic acids is 3. The molecule has 0 radical (unpaired) electrons. The maximum absolute atomic E-state index is 13.6. The number of hydrogen-bond donors (Lipinski definition) is 1. The predicted octanol–water partition coefficient (Wildman–Crippen LogP) is 4.51. The molecular weight excluding hydrogens is 510 g/mol. The third kappa shape index (κ3) is 6.15. The van der Waals surface area contributed by atoms with Crippen LogP contribution in [-0.4, -0.2) is 54.1 Å². The van der Waals surface area contributed by atoms with Gasteiger partial charge in [-0.15, -0.1) is 11.3 Å². The smallest absolute Gasteiger partial charge is 0.338 e. The van der Waals surface area contributed by atoms with Crippen LogP contribution in [0.15, 0.2) is 66.0 Å². The number of esters is 1. The molecule has 1 aliphatic rings. The molecule has 2 heterocycles. The number of nitrogens with one attached hydrogen (secondary N) is 1. The molecule has 1 aromatic heterocycles. The molecule has 1 atom stereocenters. The number of nitrogens with zero attached hydrogens (tertiary/aromatic N) is 2. The first kappa shape index (κ1) is 26.3. The third-order valence-electron chi connectivity index (χ3n) is 5.89. The number of ether oxygens (including phenoxy) is 2. The van der Waals surface area contributed by atoms with Gasteiger partial charge in [0.1, 0.15) is 11.8 Å². The summed E-state index contributed by atoms with van der Waals surface area (Å²) in [5.41, 5.74) is 1.52. The fraction of sp³-hybridized carbons (Fsp3) is 0.259. The molecule has 8 nitrogen and oxygen atoms in total. The highest BCUT2D eigenvalue weighted by Gasteiger charge is 2.44. The summed E-state index contributed by atoms with van der Waals surface area (Å²) in [7, 11) is 1.57. The average Bonchev–Trinajstić information content (AvgIpc) is 3.50. The van der Waals surface area contributed by atoms with Gasteiger partial charge in [-0.1, -0.05) is 6.07 Å². The Bertz CT molecular complexity index is 1260. The van der Waals surface area contributed by atoms with Crippen LogP contribution in [0.4, 0.5) is 11.4 Å². The second kappa shape index (κ2) is 12.0. The maximum atomic E-state index is 13.6. The van der Waals surface area contributed by atoms with Crippen molar-refractivity contribution < 1.29 is 23.9 Å². The molecule has 0 aliphatic carbocycles. The summed E-state index contributed by atoms with van der Waals surface area (Å²) < 4.78 is 10.2. The van der Waals surface area contributed by atoms with E-state index < -0.39 is 12.0 Å². The maximum Gasteiger partial charge on any atom is 0.338 e. The molecule has 1 fully saturated rings. The summed E-state index contributed by atoms with van der Waals surface area (Å²) >= 11 is 7.36. The number of hydrogen-bond acceptors (Lipinski definition) is 7. The van der Waals surface area contributed by atoms with Gasteiger partial charge in [0.15, 0.2) is 5.11 Å². The van der Waals surface area contributed by atoms with Gasteiger partial charge in [-0.2, -0.15) is 0 Å². The number of carbonyl (C=O) groups is 3. The lowest BCUT2D eigenvalue weighted by molar-refractivity contribution is -0.124. The number of rotatable bonds is 10. The van der Waals surface area contributed by atoms with E-state index in [9.17, 15) is 14.4 Å². The summed E-state index contributed by atoms with van der Waals surface area (Å²) in [5.74, 6) is -0.342. The molecule has 2 aromatic carbocycles. The number of methoxy groups -OCH3 is 1. The zero-order valence-corrected chi connectivity index (χ0v) is 22.1. The Kier molecular flexibility index (Phi) is 8.52. The zero-order chi connectivity index (χ0) is 26.4. The third-order valence-corrected chi connectivity index (χ3v) is 7.24. The summed E-state index contributed by atoms with van der Waals surface area (Å²) in [4.78, 5) is 43.0. The fourth-order valence-electron chi connectivity index (χ4n) is 4.03. The number of thiocarbonyl (C=S) groups is 1. The zero-order valence-electron chi connectivity index (χ0n) is 20.5. The fourth-order valence-corrected chi connectivity index (χ4v) is 5.15. The van der Waals surface area contributed by atoms with Crippen LogP contribution in [0.1, 0.15) is 28.6 Å². The molecule has 1 N–H and O–H groups in total. The Labute approximate surface area is 224 Å². The van der Waals surface area contributed by atoms with Crippen LogP contribution in [0, 0.1) is 0 Å². The van der Waals surface area contributed by atoms with Gasteiger partial charge in [-0.3, -0.25) is 14.5 Å². The molecule has 1 saturated heterocycles. The molecule has 0 spiro atoms. The molecule has 0 saturated carbocycles. The van der Waals surface area contributed by atoms with Crippen LogP contribution in [0.25, 0.3) is 0 Å². The molecule has 1 aliphatic heterocycles. The second-order valence-corrected chi connectivity index (χ2v) is 9.64. The minimum absolute atomic E-state index is 0.0626. The van der Waals surface area contributed by atoms with Crippen molar-refractivity contribution in [2.45, 2.75) is 25.8 Å². The number of amides is 2. The van der Waals surface area contributed by atoms with E-state index in [-0.39, 0.29) is 24.8 Å². The Hall–Kier alpha value is -3.76. The lowest BCUT2D eigenvalue weighted by atomic mass is 10.1. The van der Waals surface area contributed by atoms with Crippen molar-refractivity contribution in [1.82, 2.24) is 4.90 Å². The second-order valence-electron chi connectivity index (χ2n) is 8.24. The van der Waals surface area contributed by atoms with Crippen molar-refractivity contribution >= 4 is 57.8 Å². The normalized spacial score (nSPS) is 15.1. The largest absolute Gasteiger partial charge is 0.497 e. The summed E-state index contributed by atoms with van der Waals surface area (Å²) in [6, 6.07) is 16.8. The lowest BCUT2D eigenvalue weighted by Gasteiger charge is -2.23. The number of thiophene rings is 1. The van der Waals surface area contributed by atoms with Gasteiger partial charge in [-0.25, -0.2) is 4.79 Å². The lowest BCUT2D eigenvalue weighted by Crippen LogP contribution is -2.39. The van der Waals surface area contributed by atoms with Crippen LogP contribution in [-0.2, 0) is 20.7 Å². The van der Waals surface area contributed by atoms with Crippen LogP contribution in [0.3, 0.4) is 0 Å². The highest BCUT2D eigenvalue weighted by molar-refractivity contribution is 7.80. The van der Waals surface area contributed by atoms with E-state index in [0.29, 0.717) is 40.8 Å². The molecular formula is C27H27N3O5S2. The molecule has 37 heavy (non-hydrogen) atoms. The molecule has 3 aromatic rings. The van der Waals surface area contributed by atoms with Crippen molar-refractivity contribution in [3.63, 3.8) is 0 Å². The first-order valence-corrected chi connectivity index (χ1v) is 13.1. The minimum Gasteiger partial charge on any atom is -0.497 e. The van der Waals surface area contributed by atoms with E-state index in [2.05, 4.69) is 5.32 Å². The molecule has 192 valence electrons.